The highest BCUT2D eigenvalue weighted by molar-refractivity contribution is 5.13. The Labute approximate surface area is 153 Å². The van der Waals surface area contributed by atoms with Crippen molar-refractivity contribution < 1.29 is 24.9 Å². The maximum atomic E-state index is 10.3. The van der Waals surface area contributed by atoms with Crippen LogP contribution in [0.4, 0.5) is 0 Å². The molecule has 0 aromatic heterocycles. The molecule has 0 bridgehead atoms. The molecule has 26 heavy (non-hydrogen) atoms. The van der Waals surface area contributed by atoms with Crippen molar-refractivity contribution in [3.8, 4) is 0 Å². The molecule has 1 unspecified atom stereocenters. The second-order valence-electron chi connectivity index (χ2n) is 6.86. The lowest BCUT2D eigenvalue weighted by Crippen LogP contribution is -2.62. The van der Waals surface area contributed by atoms with Gasteiger partial charge in [0.2, 0.25) is 0 Å². The van der Waals surface area contributed by atoms with Crippen LogP contribution in [0.3, 0.4) is 0 Å². The normalized spacial score (nSPS) is 34.9. The van der Waals surface area contributed by atoms with Gasteiger partial charge in [-0.15, -0.1) is 0 Å². The zero-order chi connectivity index (χ0) is 19.3. The molecule has 0 radical (unpaired) electrons. The van der Waals surface area contributed by atoms with Gasteiger partial charge >= 0.3 is 0 Å². The molecule has 2 rings (SSSR count). The summed E-state index contributed by atoms with van der Waals surface area (Å²) in [5, 5.41) is 34.7. The maximum absolute atomic E-state index is 10.3. The number of azide groups is 1. The number of allylic oxidation sites excluding steroid dienone is 2. The number of aliphatic hydroxyl groups excluding tert-OH is 3. The van der Waals surface area contributed by atoms with Crippen LogP contribution in [0.5, 0.6) is 0 Å². The molecule has 0 saturated carbocycles. The van der Waals surface area contributed by atoms with E-state index in [-0.39, 0.29) is 0 Å². The minimum Gasteiger partial charge on any atom is -0.394 e. The van der Waals surface area contributed by atoms with Gasteiger partial charge in [-0.05, 0) is 37.6 Å². The fraction of sp³-hybridized carbons (Fsp3) is 0.765. The molecule has 146 valence electrons. The predicted molar refractivity (Wildman–Crippen MR) is 94.6 cm³/mol. The highest BCUT2D eigenvalue weighted by Crippen LogP contribution is 2.31. The molecule has 9 heteroatoms. The summed E-state index contributed by atoms with van der Waals surface area (Å²) in [6.07, 6.45) is 0.305. The number of rotatable bonds is 7. The first kappa shape index (κ1) is 20.9. The number of aliphatic hydroxyl groups is 3. The summed E-state index contributed by atoms with van der Waals surface area (Å²) in [5.41, 5.74) is 11.1. The molecule has 2 aliphatic rings. The molecule has 1 saturated heterocycles. The van der Waals surface area contributed by atoms with E-state index in [2.05, 4.69) is 22.7 Å². The summed E-state index contributed by atoms with van der Waals surface area (Å²) in [6, 6.07) is -1.06. The smallest absolute Gasteiger partial charge is 0.145 e. The lowest BCUT2D eigenvalue weighted by Gasteiger charge is -2.44. The molecule has 1 aliphatic carbocycles. The summed E-state index contributed by atoms with van der Waals surface area (Å²) in [6.45, 7) is 5.98. The minimum atomic E-state index is -1.37. The first-order chi connectivity index (χ1) is 12.4. The van der Waals surface area contributed by atoms with Crippen molar-refractivity contribution in [1.29, 1.82) is 0 Å². The van der Waals surface area contributed by atoms with E-state index in [4.69, 9.17) is 15.1 Å². The van der Waals surface area contributed by atoms with E-state index in [9.17, 15) is 15.3 Å². The van der Waals surface area contributed by atoms with Gasteiger partial charge in [0.25, 0.3) is 0 Å². The van der Waals surface area contributed by atoms with Crippen LogP contribution in [0.25, 0.3) is 10.4 Å². The van der Waals surface area contributed by atoms with Crippen molar-refractivity contribution in [3.05, 3.63) is 34.2 Å². The monoisotopic (exact) mass is 368 g/mol. The lowest BCUT2D eigenvalue weighted by atomic mass is 9.85. The van der Waals surface area contributed by atoms with E-state index in [1.165, 1.54) is 17.7 Å². The third-order valence-electron chi connectivity index (χ3n) is 5.13. The van der Waals surface area contributed by atoms with Crippen LogP contribution in [-0.2, 0) is 9.57 Å². The molecule has 0 aromatic rings. The number of ether oxygens (including phenoxy) is 1. The van der Waals surface area contributed by atoms with Gasteiger partial charge in [0.1, 0.15) is 24.5 Å². The third kappa shape index (κ3) is 4.63. The largest absolute Gasteiger partial charge is 0.394 e. The number of hydrogen-bond acceptors (Lipinski definition) is 7. The van der Waals surface area contributed by atoms with Crippen LogP contribution in [-0.4, -0.2) is 71.2 Å². The molecule has 9 nitrogen and oxygen atoms in total. The Balaban J connectivity index is 2.15. The highest BCUT2D eigenvalue weighted by Gasteiger charge is 2.46. The fourth-order valence-corrected chi connectivity index (χ4v) is 3.44. The van der Waals surface area contributed by atoms with Crippen LogP contribution >= 0.6 is 0 Å². The summed E-state index contributed by atoms with van der Waals surface area (Å²) < 4.78 is 5.67. The summed E-state index contributed by atoms with van der Waals surface area (Å²) >= 11 is 0. The second kappa shape index (κ2) is 9.48. The quantitative estimate of drug-likeness (QED) is 0.204. The first-order valence-corrected chi connectivity index (χ1v) is 8.73. The van der Waals surface area contributed by atoms with Crippen LogP contribution in [0.1, 0.15) is 26.2 Å². The molecular weight excluding hydrogens is 340 g/mol. The van der Waals surface area contributed by atoms with Gasteiger partial charge < -0.3 is 20.1 Å². The van der Waals surface area contributed by atoms with E-state index in [0.717, 1.165) is 24.8 Å². The van der Waals surface area contributed by atoms with Gasteiger partial charge in [0.15, 0.2) is 0 Å². The Morgan fingerprint density at radius 2 is 2.23 bits per heavy atom. The Hall–Kier alpha value is -1.45. The molecule has 1 heterocycles. The third-order valence-corrected chi connectivity index (χ3v) is 5.13. The number of hydrogen-bond donors (Lipinski definition) is 3. The van der Waals surface area contributed by atoms with Crippen LogP contribution in [0.15, 0.2) is 28.9 Å². The molecular formula is C17H28N4O5. The van der Waals surface area contributed by atoms with E-state index >= 15 is 0 Å². The Kier molecular flexibility index (Phi) is 7.60. The average Bonchev–Trinajstić information content (AvgIpc) is 2.64. The standard InChI is InChI=1S/C17H28N4O5/c1-10(2)12-6-4-11(5-7-12)8-21(25-3)17-14(19-20-18)16(24)15(23)13(9-22)26-17/h4,12-17,22-24H,1,5-9H2,2-3H3/t12-,13-,14-,15-,16-,17?/m1/s1. The van der Waals surface area contributed by atoms with Crippen molar-refractivity contribution in [1.82, 2.24) is 5.06 Å². The lowest BCUT2D eigenvalue weighted by molar-refractivity contribution is -0.298. The number of hydroxylamine groups is 2. The van der Waals surface area contributed by atoms with Crippen LogP contribution < -0.4 is 0 Å². The van der Waals surface area contributed by atoms with E-state index in [1.54, 1.807) is 0 Å². The minimum absolute atomic E-state index is 0.405. The Bertz CT molecular complexity index is 578. The van der Waals surface area contributed by atoms with Gasteiger partial charge in [-0.1, -0.05) is 28.9 Å². The SMILES string of the molecule is C=C(C)[C@@H]1CC=C(CN(OC)C2O[C@H](CO)[C@@H](O)[C@H](O)[C@H]2N=[N+]=[N-])CC1. The van der Waals surface area contributed by atoms with E-state index < -0.39 is 37.2 Å². The first-order valence-electron chi connectivity index (χ1n) is 8.73. The van der Waals surface area contributed by atoms with Crippen molar-refractivity contribution >= 4 is 0 Å². The van der Waals surface area contributed by atoms with Crippen molar-refractivity contribution in [2.45, 2.75) is 56.8 Å². The van der Waals surface area contributed by atoms with Gasteiger partial charge in [-0.3, -0.25) is 4.84 Å². The molecule has 0 aromatic carbocycles. The Morgan fingerprint density at radius 3 is 2.73 bits per heavy atom. The van der Waals surface area contributed by atoms with Gasteiger partial charge in [0, 0.05) is 11.5 Å². The number of nitrogens with zero attached hydrogens (tertiary/aromatic N) is 4. The van der Waals surface area contributed by atoms with Crippen LogP contribution in [0, 0.1) is 5.92 Å². The molecule has 3 N–H and O–H groups in total. The molecule has 0 spiro atoms. The van der Waals surface area contributed by atoms with Crippen molar-refractivity contribution in [3.63, 3.8) is 0 Å². The fourth-order valence-electron chi connectivity index (χ4n) is 3.44. The topological polar surface area (TPSA) is 131 Å². The summed E-state index contributed by atoms with van der Waals surface area (Å²) in [5.74, 6) is 0.479. The average molecular weight is 368 g/mol. The van der Waals surface area contributed by atoms with E-state index in [0.29, 0.717) is 12.5 Å². The summed E-state index contributed by atoms with van der Waals surface area (Å²) in [4.78, 5) is 8.16. The molecule has 0 amide bonds. The molecule has 1 fully saturated rings. The molecule has 6 atom stereocenters. The van der Waals surface area contributed by atoms with E-state index in [1.807, 2.05) is 6.92 Å². The molecule has 1 aliphatic heterocycles. The zero-order valence-electron chi connectivity index (χ0n) is 15.2. The Morgan fingerprint density at radius 1 is 1.50 bits per heavy atom. The summed E-state index contributed by atoms with van der Waals surface area (Å²) in [7, 11) is 1.46. The predicted octanol–water partition coefficient (Wildman–Crippen LogP) is 1.27. The second-order valence-corrected chi connectivity index (χ2v) is 6.86. The van der Waals surface area contributed by atoms with Crippen molar-refractivity contribution in [2.75, 3.05) is 20.3 Å². The van der Waals surface area contributed by atoms with Gasteiger partial charge in [-0.2, -0.15) is 5.06 Å². The highest BCUT2D eigenvalue weighted by atomic mass is 16.7. The van der Waals surface area contributed by atoms with Gasteiger partial charge in [0.05, 0.1) is 19.8 Å². The maximum Gasteiger partial charge on any atom is 0.145 e. The zero-order valence-corrected chi connectivity index (χ0v) is 15.2. The van der Waals surface area contributed by atoms with Gasteiger partial charge in [-0.25, -0.2) is 0 Å². The van der Waals surface area contributed by atoms with Crippen molar-refractivity contribution in [2.24, 2.45) is 11.0 Å². The van der Waals surface area contributed by atoms with Crippen LogP contribution in [0.2, 0.25) is 0 Å².